The normalized spacial score (nSPS) is 24.6. The van der Waals surface area contributed by atoms with Crippen molar-refractivity contribution in [3.63, 3.8) is 0 Å². The quantitative estimate of drug-likeness (QED) is 0.908. The van der Waals surface area contributed by atoms with E-state index in [0.717, 1.165) is 30.7 Å². The van der Waals surface area contributed by atoms with Crippen molar-refractivity contribution in [2.75, 3.05) is 0 Å². The van der Waals surface area contributed by atoms with Gasteiger partial charge in [0.2, 0.25) is 0 Å². The molecule has 1 aliphatic rings. The Morgan fingerprint density at radius 1 is 1.26 bits per heavy atom. The second-order valence-corrected chi connectivity index (χ2v) is 6.90. The van der Waals surface area contributed by atoms with Gasteiger partial charge in [-0.2, -0.15) is 0 Å². The summed E-state index contributed by atoms with van der Waals surface area (Å²) >= 11 is 0. The summed E-state index contributed by atoms with van der Waals surface area (Å²) in [4.78, 5) is 0. The number of hydrogen-bond donors (Lipinski definition) is 1. The van der Waals surface area contributed by atoms with E-state index >= 15 is 0 Å². The molecule has 2 rings (SSSR count). The highest BCUT2D eigenvalue weighted by Crippen LogP contribution is 2.30. The molecule has 0 spiro atoms. The van der Waals surface area contributed by atoms with Gasteiger partial charge in [0.25, 0.3) is 0 Å². The van der Waals surface area contributed by atoms with Crippen molar-refractivity contribution in [2.24, 2.45) is 11.8 Å². The molecular weight excluding hydrogens is 238 g/mol. The molecule has 5 nitrogen and oxygen atoms in total. The lowest BCUT2D eigenvalue weighted by Gasteiger charge is -2.28. The zero-order chi connectivity index (χ0) is 13.9. The van der Waals surface area contributed by atoms with Crippen molar-refractivity contribution < 1.29 is 0 Å². The van der Waals surface area contributed by atoms with E-state index in [2.05, 4.69) is 48.5 Å². The largest absolute Gasteiger partial charge is 0.305 e. The minimum Gasteiger partial charge on any atom is -0.305 e. The van der Waals surface area contributed by atoms with Crippen molar-refractivity contribution in [3.8, 4) is 0 Å². The lowest BCUT2D eigenvalue weighted by atomic mass is 9.80. The smallest absolute Gasteiger partial charge is 0.165 e. The van der Waals surface area contributed by atoms with Crippen LogP contribution in [0.15, 0.2) is 0 Å². The van der Waals surface area contributed by atoms with Crippen molar-refractivity contribution in [3.05, 3.63) is 5.82 Å². The molecule has 1 saturated carbocycles. The lowest BCUT2D eigenvalue weighted by Crippen LogP contribution is -2.36. The lowest BCUT2D eigenvalue weighted by molar-refractivity contribution is 0.217. The third kappa shape index (κ3) is 4.27. The maximum absolute atomic E-state index is 4.16. The summed E-state index contributed by atoms with van der Waals surface area (Å²) in [6.45, 7) is 10.5. The Kier molecular flexibility index (Phi) is 4.55. The zero-order valence-corrected chi connectivity index (χ0v) is 12.7. The van der Waals surface area contributed by atoms with Gasteiger partial charge in [-0.1, -0.05) is 26.2 Å². The van der Waals surface area contributed by atoms with Crippen molar-refractivity contribution in [2.45, 2.75) is 72.0 Å². The minimum absolute atomic E-state index is 0.0922. The van der Waals surface area contributed by atoms with Crippen molar-refractivity contribution >= 4 is 0 Å². The molecule has 0 saturated heterocycles. The summed E-state index contributed by atoms with van der Waals surface area (Å²) < 4.78 is 1.99. The number of nitrogens with one attached hydrogen (secondary N) is 1. The Balaban J connectivity index is 1.95. The fourth-order valence-corrected chi connectivity index (χ4v) is 2.72. The van der Waals surface area contributed by atoms with Gasteiger partial charge in [-0.25, -0.2) is 4.68 Å². The highest BCUT2D eigenvalue weighted by atomic mass is 15.5. The van der Waals surface area contributed by atoms with Gasteiger partial charge in [0.1, 0.15) is 0 Å². The van der Waals surface area contributed by atoms with Gasteiger partial charge in [-0.15, -0.1) is 5.10 Å². The van der Waals surface area contributed by atoms with Crippen LogP contribution in [0.1, 0.15) is 59.2 Å². The van der Waals surface area contributed by atoms with Crippen LogP contribution in [-0.4, -0.2) is 25.7 Å². The number of aromatic nitrogens is 4. The highest BCUT2D eigenvalue weighted by Gasteiger charge is 2.23. The molecule has 0 bridgehead atoms. The molecule has 108 valence electrons. The molecule has 0 aliphatic heterocycles. The molecule has 1 fully saturated rings. The maximum atomic E-state index is 4.16. The number of hydrogen-bond acceptors (Lipinski definition) is 4. The predicted octanol–water partition coefficient (Wildman–Crippen LogP) is 2.39. The summed E-state index contributed by atoms with van der Waals surface area (Å²) in [5.74, 6) is 2.47. The van der Waals surface area contributed by atoms with Crippen molar-refractivity contribution in [1.29, 1.82) is 0 Å². The van der Waals surface area contributed by atoms with E-state index in [-0.39, 0.29) is 5.54 Å². The van der Waals surface area contributed by atoms with E-state index in [1.807, 2.05) is 4.68 Å². The summed E-state index contributed by atoms with van der Waals surface area (Å²) in [5.41, 5.74) is 0.0922. The van der Waals surface area contributed by atoms with E-state index in [0.29, 0.717) is 0 Å². The Labute approximate surface area is 116 Å². The first kappa shape index (κ1) is 14.4. The minimum atomic E-state index is 0.0922. The van der Waals surface area contributed by atoms with Crippen LogP contribution in [0.3, 0.4) is 0 Å². The number of rotatable bonds is 4. The first-order chi connectivity index (χ1) is 8.96. The number of tetrazole rings is 1. The Hall–Kier alpha value is -0.970. The van der Waals surface area contributed by atoms with Crippen LogP contribution in [0, 0.1) is 11.8 Å². The molecule has 1 heterocycles. The van der Waals surface area contributed by atoms with Crippen LogP contribution in [0.4, 0.5) is 0 Å². The molecule has 19 heavy (non-hydrogen) atoms. The van der Waals surface area contributed by atoms with Gasteiger partial charge in [0, 0.05) is 12.1 Å². The first-order valence-corrected chi connectivity index (χ1v) is 7.46. The third-order valence-corrected chi connectivity index (χ3v) is 4.08. The average molecular weight is 265 g/mol. The monoisotopic (exact) mass is 265 g/mol. The molecule has 5 heteroatoms. The predicted molar refractivity (Wildman–Crippen MR) is 75.5 cm³/mol. The van der Waals surface area contributed by atoms with E-state index in [1.165, 1.54) is 25.7 Å². The fourth-order valence-electron chi connectivity index (χ4n) is 2.72. The molecule has 1 N–H and O–H groups in total. The molecule has 0 radical (unpaired) electrons. The van der Waals surface area contributed by atoms with Crippen LogP contribution < -0.4 is 5.32 Å². The molecule has 1 aliphatic carbocycles. The molecule has 0 aromatic carbocycles. The Morgan fingerprint density at radius 3 is 2.68 bits per heavy atom. The van der Waals surface area contributed by atoms with E-state index in [1.54, 1.807) is 0 Å². The van der Waals surface area contributed by atoms with Gasteiger partial charge in [0.15, 0.2) is 5.82 Å². The van der Waals surface area contributed by atoms with E-state index in [4.69, 9.17) is 0 Å². The topological polar surface area (TPSA) is 55.6 Å². The summed E-state index contributed by atoms with van der Waals surface area (Å²) in [5, 5.41) is 15.6. The van der Waals surface area contributed by atoms with Crippen LogP contribution in [0.2, 0.25) is 0 Å². The SMILES string of the molecule is CC1CCCCC1Cn1nnnc1CNC(C)(C)C. The van der Waals surface area contributed by atoms with Crippen LogP contribution in [0.25, 0.3) is 0 Å². The standard InChI is InChI=1S/C14H27N5/c1-11-7-5-6-8-12(11)10-19-13(16-17-18-19)9-15-14(2,3)4/h11-12,15H,5-10H2,1-4H3. The molecule has 1 aromatic heterocycles. The number of nitrogens with zero attached hydrogens (tertiary/aromatic N) is 4. The molecule has 1 aromatic rings. The van der Waals surface area contributed by atoms with Gasteiger partial charge in [-0.3, -0.25) is 0 Å². The molecule has 2 unspecified atom stereocenters. The maximum Gasteiger partial charge on any atom is 0.165 e. The Morgan fingerprint density at radius 2 is 2.00 bits per heavy atom. The summed E-state index contributed by atoms with van der Waals surface area (Å²) in [7, 11) is 0. The fraction of sp³-hybridized carbons (Fsp3) is 0.929. The zero-order valence-electron chi connectivity index (χ0n) is 12.7. The van der Waals surface area contributed by atoms with Crippen LogP contribution >= 0.6 is 0 Å². The van der Waals surface area contributed by atoms with Gasteiger partial charge in [-0.05, 0) is 49.5 Å². The van der Waals surface area contributed by atoms with E-state index < -0.39 is 0 Å². The second kappa shape index (κ2) is 5.99. The van der Waals surface area contributed by atoms with Crippen LogP contribution in [-0.2, 0) is 13.1 Å². The molecule has 0 amide bonds. The van der Waals surface area contributed by atoms with Gasteiger partial charge in [0.05, 0.1) is 6.54 Å². The van der Waals surface area contributed by atoms with Gasteiger partial charge < -0.3 is 5.32 Å². The Bertz CT molecular complexity index is 393. The first-order valence-electron chi connectivity index (χ1n) is 7.46. The highest BCUT2D eigenvalue weighted by molar-refractivity contribution is 4.85. The summed E-state index contributed by atoms with van der Waals surface area (Å²) in [6, 6.07) is 0. The van der Waals surface area contributed by atoms with E-state index in [9.17, 15) is 0 Å². The van der Waals surface area contributed by atoms with Gasteiger partial charge >= 0.3 is 0 Å². The average Bonchev–Trinajstić information content (AvgIpc) is 2.76. The molecule has 2 atom stereocenters. The van der Waals surface area contributed by atoms with Crippen molar-refractivity contribution in [1.82, 2.24) is 25.5 Å². The third-order valence-electron chi connectivity index (χ3n) is 4.08. The van der Waals surface area contributed by atoms with Crippen LogP contribution in [0.5, 0.6) is 0 Å². The summed E-state index contributed by atoms with van der Waals surface area (Å²) in [6.07, 6.45) is 5.40. The molecular formula is C14H27N5. The second-order valence-electron chi connectivity index (χ2n) is 6.90.